The molecular weight excluding hydrogens is 344 g/mol. The van der Waals surface area contributed by atoms with Crippen LogP contribution in [0.4, 0.5) is 17.6 Å². The summed E-state index contributed by atoms with van der Waals surface area (Å²) in [5.74, 6) is 0.424. The van der Waals surface area contributed by atoms with Crippen LogP contribution in [0, 0.1) is 0 Å². The third-order valence-corrected chi connectivity index (χ3v) is 4.38. The SMILES string of the molecule is CS(=O)(=O)Nc1cccc(C(=O)Nc2nc(N3CCCCC3)n[nH]2)c1. The highest BCUT2D eigenvalue weighted by molar-refractivity contribution is 7.92. The average Bonchev–Trinajstić information content (AvgIpc) is 3.03. The van der Waals surface area contributed by atoms with E-state index in [1.54, 1.807) is 18.2 Å². The summed E-state index contributed by atoms with van der Waals surface area (Å²) in [5, 5.41) is 9.48. The molecule has 1 amide bonds. The molecule has 1 aliphatic rings. The van der Waals surface area contributed by atoms with E-state index in [9.17, 15) is 13.2 Å². The van der Waals surface area contributed by atoms with Gasteiger partial charge in [0.1, 0.15) is 0 Å². The second-order valence-corrected chi connectivity index (χ2v) is 7.69. The van der Waals surface area contributed by atoms with Gasteiger partial charge < -0.3 is 4.90 Å². The van der Waals surface area contributed by atoms with Gasteiger partial charge in [-0.2, -0.15) is 4.98 Å². The Morgan fingerprint density at radius 3 is 2.72 bits per heavy atom. The van der Waals surface area contributed by atoms with Crippen molar-refractivity contribution < 1.29 is 13.2 Å². The number of piperidine rings is 1. The highest BCUT2D eigenvalue weighted by Gasteiger charge is 2.16. The zero-order valence-electron chi connectivity index (χ0n) is 13.8. The van der Waals surface area contributed by atoms with E-state index in [0.29, 0.717) is 17.2 Å². The standard InChI is InChI=1S/C15H20N6O3S/c1-25(23,24)20-12-7-5-6-11(10-12)13(22)16-14-17-15(19-18-14)21-8-3-2-4-9-21/h5-7,10,20H,2-4,8-9H2,1H3,(H2,16,17,18,19,22). The smallest absolute Gasteiger partial charge is 0.258 e. The molecule has 0 aliphatic carbocycles. The first kappa shape index (κ1) is 17.2. The van der Waals surface area contributed by atoms with Crippen LogP contribution in [-0.2, 0) is 10.0 Å². The first-order valence-electron chi connectivity index (χ1n) is 7.97. The molecule has 1 aliphatic heterocycles. The van der Waals surface area contributed by atoms with Crippen LogP contribution in [0.3, 0.4) is 0 Å². The van der Waals surface area contributed by atoms with E-state index in [1.165, 1.54) is 12.5 Å². The lowest BCUT2D eigenvalue weighted by Gasteiger charge is -2.24. The molecule has 0 bridgehead atoms. The molecule has 9 nitrogen and oxygen atoms in total. The largest absolute Gasteiger partial charge is 0.340 e. The number of hydrogen-bond acceptors (Lipinski definition) is 6. The Balaban J connectivity index is 1.68. The number of amides is 1. The van der Waals surface area contributed by atoms with Gasteiger partial charge >= 0.3 is 0 Å². The summed E-state index contributed by atoms with van der Waals surface area (Å²) in [6.07, 6.45) is 4.48. The zero-order valence-corrected chi connectivity index (χ0v) is 14.6. The Morgan fingerprint density at radius 1 is 1.24 bits per heavy atom. The van der Waals surface area contributed by atoms with Crippen molar-refractivity contribution in [1.82, 2.24) is 15.2 Å². The molecule has 0 saturated carbocycles. The number of sulfonamides is 1. The minimum Gasteiger partial charge on any atom is -0.340 e. The number of carbonyl (C=O) groups is 1. The van der Waals surface area contributed by atoms with Crippen molar-refractivity contribution in [2.24, 2.45) is 0 Å². The summed E-state index contributed by atoms with van der Waals surface area (Å²) < 4.78 is 24.9. The molecule has 2 heterocycles. The van der Waals surface area contributed by atoms with Gasteiger partial charge in [0.25, 0.3) is 5.91 Å². The van der Waals surface area contributed by atoms with Gasteiger partial charge in [0, 0.05) is 24.3 Å². The second-order valence-electron chi connectivity index (χ2n) is 5.94. The van der Waals surface area contributed by atoms with Crippen molar-refractivity contribution >= 4 is 33.5 Å². The van der Waals surface area contributed by atoms with Gasteiger partial charge in [-0.25, -0.2) is 13.5 Å². The number of nitrogens with zero attached hydrogens (tertiary/aromatic N) is 3. The van der Waals surface area contributed by atoms with Crippen LogP contribution in [0.5, 0.6) is 0 Å². The van der Waals surface area contributed by atoms with E-state index in [4.69, 9.17) is 0 Å². The van der Waals surface area contributed by atoms with Gasteiger partial charge in [-0.3, -0.25) is 14.8 Å². The lowest BCUT2D eigenvalue weighted by Crippen LogP contribution is -2.30. The Bertz CT molecular complexity index is 858. The fraction of sp³-hybridized carbons (Fsp3) is 0.400. The van der Waals surface area contributed by atoms with Crippen molar-refractivity contribution in [2.75, 3.05) is 34.3 Å². The van der Waals surface area contributed by atoms with Crippen molar-refractivity contribution in [2.45, 2.75) is 19.3 Å². The molecule has 0 radical (unpaired) electrons. The minimum atomic E-state index is -3.40. The lowest BCUT2D eigenvalue weighted by molar-refractivity contribution is 0.102. The van der Waals surface area contributed by atoms with Crippen LogP contribution in [0.1, 0.15) is 29.6 Å². The van der Waals surface area contributed by atoms with E-state index in [0.717, 1.165) is 32.2 Å². The van der Waals surface area contributed by atoms with Crippen LogP contribution in [0.2, 0.25) is 0 Å². The predicted molar refractivity (Wildman–Crippen MR) is 95.3 cm³/mol. The van der Waals surface area contributed by atoms with E-state index in [-0.39, 0.29) is 5.95 Å². The molecule has 2 aromatic rings. The van der Waals surface area contributed by atoms with Crippen LogP contribution in [0.25, 0.3) is 0 Å². The van der Waals surface area contributed by atoms with Crippen molar-refractivity contribution in [3.8, 4) is 0 Å². The predicted octanol–water partition coefficient (Wildman–Crippen LogP) is 1.42. The fourth-order valence-electron chi connectivity index (χ4n) is 2.66. The van der Waals surface area contributed by atoms with Gasteiger partial charge in [-0.05, 0) is 37.5 Å². The Labute approximate surface area is 145 Å². The number of carbonyl (C=O) groups excluding carboxylic acids is 1. The van der Waals surface area contributed by atoms with Crippen molar-refractivity contribution in [1.29, 1.82) is 0 Å². The number of hydrogen-bond donors (Lipinski definition) is 3. The van der Waals surface area contributed by atoms with E-state index >= 15 is 0 Å². The Kier molecular flexibility index (Phi) is 4.88. The molecule has 10 heteroatoms. The summed E-state index contributed by atoms with van der Waals surface area (Å²) in [4.78, 5) is 18.7. The number of benzene rings is 1. The fourth-order valence-corrected chi connectivity index (χ4v) is 3.22. The maximum Gasteiger partial charge on any atom is 0.258 e. The number of aromatic nitrogens is 3. The van der Waals surface area contributed by atoms with Crippen molar-refractivity contribution in [3.05, 3.63) is 29.8 Å². The topological polar surface area (TPSA) is 120 Å². The molecule has 3 N–H and O–H groups in total. The number of nitrogens with one attached hydrogen (secondary N) is 3. The second kappa shape index (κ2) is 7.09. The maximum absolute atomic E-state index is 12.3. The zero-order chi connectivity index (χ0) is 17.9. The van der Waals surface area contributed by atoms with Gasteiger partial charge in [-0.15, -0.1) is 5.10 Å². The summed E-state index contributed by atoms with van der Waals surface area (Å²) in [5.41, 5.74) is 0.631. The summed E-state index contributed by atoms with van der Waals surface area (Å²) in [6, 6.07) is 6.21. The molecule has 25 heavy (non-hydrogen) atoms. The molecule has 0 atom stereocenters. The highest BCUT2D eigenvalue weighted by atomic mass is 32.2. The third-order valence-electron chi connectivity index (χ3n) is 3.77. The molecule has 1 aromatic heterocycles. The minimum absolute atomic E-state index is 0.257. The average molecular weight is 364 g/mol. The molecule has 0 spiro atoms. The quantitative estimate of drug-likeness (QED) is 0.738. The maximum atomic E-state index is 12.3. The van der Waals surface area contributed by atoms with Gasteiger partial charge in [0.05, 0.1) is 6.26 Å². The molecule has 134 valence electrons. The van der Waals surface area contributed by atoms with E-state index in [2.05, 4.69) is 30.1 Å². The third kappa shape index (κ3) is 4.69. The summed E-state index contributed by atoms with van der Waals surface area (Å²) in [7, 11) is -3.40. The molecular formula is C15H20N6O3S. The van der Waals surface area contributed by atoms with Gasteiger partial charge in [0.2, 0.25) is 21.9 Å². The number of anilines is 3. The normalized spacial score (nSPS) is 15.0. The monoisotopic (exact) mass is 364 g/mol. The Hall–Kier alpha value is -2.62. The van der Waals surface area contributed by atoms with Crippen LogP contribution < -0.4 is 14.9 Å². The van der Waals surface area contributed by atoms with Crippen LogP contribution in [-0.4, -0.2) is 48.9 Å². The first-order chi connectivity index (χ1) is 11.9. The van der Waals surface area contributed by atoms with Crippen LogP contribution >= 0.6 is 0 Å². The lowest BCUT2D eigenvalue weighted by atomic mass is 10.1. The first-order valence-corrected chi connectivity index (χ1v) is 9.86. The molecule has 0 unspecified atom stereocenters. The molecule has 1 fully saturated rings. The van der Waals surface area contributed by atoms with Gasteiger partial charge in [-0.1, -0.05) is 6.07 Å². The molecule has 1 saturated heterocycles. The molecule has 3 rings (SSSR count). The van der Waals surface area contributed by atoms with Crippen molar-refractivity contribution in [3.63, 3.8) is 0 Å². The van der Waals surface area contributed by atoms with Crippen LogP contribution in [0.15, 0.2) is 24.3 Å². The van der Waals surface area contributed by atoms with E-state index < -0.39 is 15.9 Å². The summed E-state index contributed by atoms with van der Waals surface area (Å²) in [6.45, 7) is 1.81. The number of aromatic amines is 1. The van der Waals surface area contributed by atoms with Gasteiger partial charge in [0.15, 0.2) is 0 Å². The Morgan fingerprint density at radius 2 is 2.00 bits per heavy atom. The molecule has 1 aromatic carbocycles. The number of rotatable bonds is 5. The number of H-pyrrole nitrogens is 1. The highest BCUT2D eigenvalue weighted by Crippen LogP contribution is 2.17. The van der Waals surface area contributed by atoms with E-state index in [1.807, 2.05) is 0 Å². The summed E-state index contributed by atoms with van der Waals surface area (Å²) >= 11 is 0.